The Hall–Kier alpha value is -3.12. The Morgan fingerprint density at radius 3 is 2.26 bits per heavy atom. The van der Waals surface area contributed by atoms with Gasteiger partial charge in [0.25, 0.3) is 5.56 Å². The molecule has 162 valence electrons. The van der Waals surface area contributed by atoms with E-state index in [1.54, 1.807) is 9.36 Å². The highest BCUT2D eigenvalue weighted by atomic mass is 16.2. The first-order valence-corrected chi connectivity index (χ1v) is 10.9. The number of piperidine rings is 1. The highest BCUT2D eigenvalue weighted by Gasteiger charge is 2.23. The molecule has 0 aliphatic carbocycles. The minimum Gasteiger partial charge on any atom is -0.319 e. The molecule has 1 aliphatic heterocycles. The molecule has 0 bridgehead atoms. The van der Waals surface area contributed by atoms with Crippen molar-refractivity contribution in [2.75, 3.05) is 25.0 Å². The third-order valence-corrected chi connectivity index (χ3v) is 6.26. The molecule has 6 heteroatoms. The van der Waals surface area contributed by atoms with E-state index in [0.29, 0.717) is 18.2 Å². The summed E-state index contributed by atoms with van der Waals surface area (Å²) in [7, 11) is 1.83. The smallest absolute Gasteiger partial charge is 0.295 e. The quantitative estimate of drug-likeness (QED) is 0.668. The molecule has 1 aromatic heterocycles. The van der Waals surface area contributed by atoms with Gasteiger partial charge in [0.1, 0.15) is 5.69 Å². The molecule has 1 N–H and O–H groups in total. The molecule has 0 saturated carbocycles. The van der Waals surface area contributed by atoms with Crippen LogP contribution in [0.2, 0.25) is 0 Å². The van der Waals surface area contributed by atoms with Crippen LogP contribution in [0.1, 0.15) is 24.1 Å². The van der Waals surface area contributed by atoms with E-state index >= 15 is 0 Å². The number of anilines is 1. The first kappa shape index (κ1) is 21.1. The van der Waals surface area contributed by atoms with Crippen LogP contribution < -0.4 is 10.9 Å². The normalized spacial score (nSPS) is 15.2. The molecule has 2 heterocycles. The number of rotatable bonds is 6. The number of nitrogens with one attached hydrogen (secondary N) is 1. The number of amides is 1. The lowest BCUT2D eigenvalue weighted by molar-refractivity contribution is -0.117. The van der Waals surface area contributed by atoms with Gasteiger partial charge in [-0.1, -0.05) is 48.5 Å². The van der Waals surface area contributed by atoms with Crippen molar-refractivity contribution in [3.8, 4) is 5.69 Å². The van der Waals surface area contributed by atoms with E-state index in [-0.39, 0.29) is 11.5 Å². The van der Waals surface area contributed by atoms with Crippen molar-refractivity contribution >= 4 is 11.6 Å². The first-order valence-electron chi connectivity index (χ1n) is 10.9. The molecule has 0 unspecified atom stereocenters. The van der Waals surface area contributed by atoms with Crippen LogP contribution in [0.3, 0.4) is 0 Å². The summed E-state index contributed by atoms with van der Waals surface area (Å²) in [5.41, 5.74) is 3.05. The summed E-state index contributed by atoms with van der Waals surface area (Å²) in [6.45, 7) is 3.99. The summed E-state index contributed by atoms with van der Waals surface area (Å²) in [4.78, 5) is 27.9. The maximum atomic E-state index is 13.0. The predicted molar refractivity (Wildman–Crippen MR) is 124 cm³/mol. The number of hydrogen-bond donors (Lipinski definition) is 1. The third-order valence-electron chi connectivity index (χ3n) is 6.26. The van der Waals surface area contributed by atoms with Crippen LogP contribution in [0, 0.1) is 12.8 Å². The lowest BCUT2D eigenvalue weighted by atomic mass is 9.90. The van der Waals surface area contributed by atoms with Crippen LogP contribution in [-0.4, -0.2) is 39.8 Å². The van der Waals surface area contributed by atoms with Crippen molar-refractivity contribution in [3.63, 3.8) is 0 Å². The zero-order valence-electron chi connectivity index (χ0n) is 18.3. The lowest BCUT2D eigenvalue weighted by Crippen LogP contribution is -2.40. The number of carbonyl (C=O) groups excluding carboxylic acids is 1. The molecule has 0 radical (unpaired) electrons. The average molecular weight is 419 g/mol. The second-order valence-electron chi connectivity index (χ2n) is 8.39. The molecular formula is C25H30N4O2. The van der Waals surface area contributed by atoms with Crippen LogP contribution in [0.5, 0.6) is 0 Å². The molecule has 1 fully saturated rings. The van der Waals surface area contributed by atoms with E-state index in [1.807, 2.05) is 50.4 Å². The van der Waals surface area contributed by atoms with Crippen LogP contribution in [0.25, 0.3) is 5.69 Å². The van der Waals surface area contributed by atoms with Gasteiger partial charge in [0.2, 0.25) is 5.91 Å². The number of aromatic nitrogens is 2. The Bertz CT molecular complexity index is 1080. The van der Waals surface area contributed by atoms with Gasteiger partial charge in [-0.3, -0.25) is 19.2 Å². The third kappa shape index (κ3) is 4.80. The van der Waals surface area contributed by atoms with E-state index in [0.717, 1.165) is 43.7 Å². The zero-order chi connectivity index (χ0) is 21.8. The molecule has 3 aromatic rings. The Morgan fingerprint density at radius 1 is 1.00 bits per heavy atom. The molecule has 1 aliphatic rings. The maximum absolute atomic E-state index is 13.0. The van der Waals surface area contributed by atoms with Crippen LogP contribution in [0.4, 0.5) is 5.69 Å². The summed E-state index contributed by atoms with van der Waals surface area (Å²) >= 11 is 0. The summed E-state index contributed by atoms with van der Waals surface area (Å²) in [6.07, 6.45) is 3.28. The highest BCUT2D eigenvalue weighted by Crippen LogP contribution is 2.21. The Balaban J connectivity index is 1.35. The van der Waals surface area contributed by atoms with E-state index in [9.17, 15) is 9.59 Å². The van der Waals surface area contributed by atoms with Gasteiger partial charge in [0.15, 0.2) is 0 Å². The molecule has 6 nitrogen and oxygen atoms in total. The van der Waals surface area contributed by atoms with Gasteiger partial charge in [-0.15, -0.1) is 0 Å². The first-order chi connectivity index (χ1) is 15.0. The fourth-order valence-electron chi connectivity index (χ4n) is 4.39. The van der Waals surface area contributed by atoms with Crippen LogP contribution in [0.15, 0.2) is 65.5 Å². The van der Waals surface area contributed by atoms with Gasteiger partial charge >= 0.3 is 0 Å². The summed E-state index contributed by atoms with van der Waals surface area (Å²) < 4.78 is 3.36. The highest BCUT2D eigenvalue weighted by molar-refractivity contribution is 5.92. The molecular weight excluding hydrogens is 388 g/mol. The predicted octanol–water partition coefficient (Wildman–Crippen LogP) is 3.38. The number of likely N-dealkylation sites (tertiary alicyclic amines) is 1. The van der Waals surface area contributed by atoms with E-state index in [4.69, 9.17) is 0 Å². The van der Waals surface area contributed by atoms with Gasteiger partial charge in [-0.2, -0.15) is 0 Å². The summed E-state index contributed by atoms with van der Waals surface area (Å²) in [6, 6.07) is 20.1. The SMILES string of the molecule is Cc1c(NC(=O)CN2CCC(Cc3ccccc3)CC2)c(=O)n(-c2ccccc2)n1C. The fourth-order valence-corrected chi connectivity index (χ4v) is 4.39. The van der Waals surface area contributed by atoms with Crippen LogP contribution >= 0.6 is 0 Å². The zero-order valence-corrected chi connectivity index (χ0v) is 18.3. The van der Waals surface area contributed by atoms with Gasteiger partial charge in [-0.05, 0) is 62.9 Å². The molecule has 4 rings (SSSR count). The Morgan fingerprint density at radius 2 is 1.61 bits per heavy atom. The maximum Gasteiger partial charge on any atom is 0.295 e. The number of hydrogen-bond acceptors (Lipinski definition) is 3. The van der Waals surface area contributed by atoms with Crippen LogP contribution in [-0.2, 0) is 18.3 Å². The summed E-state index contributed by atoms with van der Waals surface area (Å²) in [5.74, 6) is 0.531. The van der Waals surface area contributed by atoms with E-state index in [1.165, 1.54) is 5.56 Å². The summed E-state index contributed by atoms with van der Waals surface area (Å²) in [5, 5.41) is 2.87. The second kappa shape index (κ2) is 9.35. The van der Waals surface area contributed by atoms with E-state index in [2.05, 4.69) is 34.5 Å². The minimum atomic E-state index is -0.207. The lowest BCUT2D eigenvalue weighted by Gasteiger charge is -2.31. The van der Waals surface area contributed by atoms with Gasteiger partial charge < -0.3 is 5.32 Å². The van der Waals surface area contributed by atoms with Crippen molar-refractivity contribution < 1.29 is 4.79 Å². The van der Waals surface area contributed by atoms with Gasteiger partial charge in [0.05, 0.1) is 17.9 Å². The standard InChI is InChI=1S/C25H30N4O2/c1-19-24(25(31)29(27(19)2)22-11-7-4-8-12-22)26-23(30)18-28-15-13-21(14-16-28)17-20-9-5-3-6-10-20/h3-12,21H,13-18H2,1-2H3,(H,26,30). The van der Waals surface area contributed by atoms with Gasteiger partial charge in [-0.25, -0.2) is 4.68 Å². The molecule has 0 atom stereocenters. The molecule has 0 spiro atoms. The fraction of sp³-hybridized carbons (Fsp3) is 0.360. The number of nitrogens with zero attached hydrogens (tertiary/aromatic N) is 3. The molecule has 2 aromatic carbocycles. The largest absolute Gasteiger partial charge is 0.319 e. The van der Waals surface area contributed by atoms with Crippen molar-refractivity contribution in [2.24, 2.45) is 13.0 Å². The second-order valence-corrected chi connectivity index (χ2v) is 8.39. The molecule has 31 heavy (non-hydrogen) atoms. The van der Waals surface area contributed by atoms with Crippen molar-refractivity contribution in [1.82, 2.24) is 14.3 Å². The monoisotopic (exact) mass is 418 g/mol. The van der Waals surface area contributed by atoms with Crippen molar-refractivity contribution in [1.29, 1.82) is 0 Å². The number of para-hydroxylation sites is 1. The van der Waals surface area contributed by atoms with E-state index < -0.39 is 0 Å². The number of benzene rings is 2. The van der Waals surface area contributed by atoms with Crippen molar-refractivity contribution in [3.05, 3.63) is 82.3 Å². The Kier molecular flexibility index (Phi) is 6.37. The van der Waals surface area contributed by atoms with Crippen molar-refractivity contribution in [2.45, 2.75) is 26.2 Å². The Labute approximate surface area is 183 Å². The average Bonchev–Trinajstić information content (AvgIpc) is 2.99. The molecule has 1 amide bonds. The minimum absolute atomic E-state index is 0.132. The number of carbonyl (C=O) groups is 1. The topological polar surface area (TPSA) is 59.3 Å². The van der Waals surface area contributed by atoms with Gasteiger partial charge in [0, 0.05) is 7.05 Å². The molecule has 1 saturated heterocycles.